The van der Waals surface area contributed by atoms with Crippen molar-refractivity contribution in [1.82, 2.24) is 4.98 Å². The van der Waals surface area contributed by atoms with E-state index >= 15 is 0 Å². The summed E-state index contributed by atoms with van der Waals surface area (Å²) >= 11 is 2.38. The van der Waals surface area contributed by atoms with Gasteiger partial charge in [-0.2, -0.15) is 0 Å². The van der Waals surface area contributed by atoms with Crippen molar-refractivity contribution >= 4 is 21.3 Å². The Balaban J connectivity index is 3.02. The summed E-state index contributed by atoms with van der Waals surface area (Å²) < 4.78 is 1.01. The summed E-state index contributed by atoms with van der Waals surface area (Å²) in [5.74, 6) is 0. The van der Waals surface area contributed by atoms with Crippen LogP contribution >= 0.6 is 0 Å². The first kappa shape index (κ1) is 4.86. The van der Waals surface area contributed by atoms with Crippen molar-refractivity contribution in [3.8, 4) is 0 Å². The minimum absolute atomic E-state index is 1.01. The second kappa shape index (κ2) is 2.13. The first-order valence-corrected chi connectivity index (χ1v) is 2.93. The van der Waals surface area contributed by atoms with Crippen molar-refractivity contribution < 1.29 is 0 Å². The Labute approximate surface area is 51.3 Å². The molecule has 7 heavy (non-hydrogen) atoms. The van der Waals surface area contributed by atoms with Crippen LogP contribution in [0.1, 0.15) is 0 Å². The van der Waals surface area contributed by atoms with Crippen molar-refractivity contribution in [2.24, 2.45) is 0 Å². The third-order valence-corrected chi connectivity index (χ3v) is 1.20. The molecule has 34 valence electrons. The third kappa shape index (κ3) is 1.32. The number of aromatic nitrogens is 1. The monoisotopic (exact) mass is 153 g/mol. The Morgan fingerprint density at radius 2 is 2.29 bits per heavy atom. The molecule has 0 bridgehead atoms. The molecule has 0 atom stereocenters. The van der Waals surface area contributed by atoms with E-state index in [9.17, 15) is 0 Å². The van der Waals surface area contributed by atoms with Gasteiger partial charge in [0.1, 0.15) is 0 Å². The molecule has 2 radical (unpaired) electrons. The quantitative estimate of drug-likeness (QED) is 0.473. The molecule has 1 nitrogen and oxygen atoms in total. The van der Waals surface area contributed by atoms with Crippen LogP contribution < -0.4 is 4.48 Å². The molecule has 0 aromatic carbocycles. The van der Waals surface area contributed by atoms with Crippen molar-refractivity contribution in [3.63, 3.8) is 0 Å². The van der Waals surface area contributed by atoms with E-state index in [1.807, 2.05) is 18.2 Å². The van der Waals surface area contributed by atoms with Gasteiger partial charge in [-0.25, -0.2) is 0 Å². The molecular weight excluding hydrogens is 149 g/mol. The molecule has 1 aromatic rings. The Morgan fingerprint density at radius 3 is 2.57 bits per heavy atom. The summed E-state index contributed by atoms with van der Waals surface area (Å²) in [5, 5.41) is 0. The number of hydrogen-bond donors (Lipinski definition) is 0. The second-order valence-corrected chi connectivity index (χ2v) is 2.15. The molecule has 0 aliphatic carbocycles. The average molecular weight is 153 g/mol. The zero-order valence-corrected chi connectivity index (χ0v) is 5.58. The summed E-state index contributed by atoms with van der Waals surface area (Å²) in [6.45, 7) is 0. The van der Waals surface area contributed by atoms with E-state index in [1.54, 1.807) is 6.20 Å². The van der Waals surface area contributed by atoms with E-state index in [2.05, 4.69) is 21.8 Å². The van der Waals surface area contributed by atoms with Crippen LogP contribution in [0.5, 0.6) is 0 Å². The molecule has 0 saturated carbocycles. The topological polar surface area (TPSA) is 12.9 Å². The van der Waals surface area contributed by atoms with Gasteiger partial charge in [0, 0.05) is 0 Å². The molecule has 0 amide bonds. The molecule has 0 saturated heterocycles. The molecule has 0 spiro atoms. The molecule has 0 aliphatic rings. The molecule has 0 N–H and O–H groups in total. The molecule has 0 unspecified atom stereocenters. The zero-order chi connectivity index (χ0) is 5.11. The van der Waals surface area contributed by atoms with Gasteiger partial charge in [0.2, 0.25) is 0 Å². The van der Waals surface area contributed by atoms with Gasteiger partial charge in [0.15, 0.2) is 0 Å². The van der Waals surface area contributed by atoms with Gasteiger partial charge in [-0.15, -0.1) is 0 Å². The first-order valence-electron chi connectivity index (χ1n) is 1.99. The van der Waals surface area contributed by atoms with Gasteiger partial charge >= 0.3 is 50.7 Å². The fourth-order valence-corrected chi connectivity index (χ4v) is 0.674. The van der Waals surface area contributed by atoms with Crippen LogP contribution in [0.3, 0.4) is 0 Å². The first-order chi connectivity index (χ1) is 3.39. The van der Waals surface area contributed by atoms with Gasteiger partial charge in [-0.3, -0.25) is 0 Å². The van der Waals surface area contributed by atoms with Crippen LogP contribution in [0.15, 0.2) is 24.4 Å². The molecule has 0 aliphatic heterocycles. The van der Waals surface area contributed by atoms with Gasteiger partial charge in [-0.05, 0) is 0 Å². The van der Waals surface area contributed by atoms with Crippen LogP contribution in [-0.4, -0.2) is 21.8 Å². The fraction of sp³-hybridized carbons (Fsp3) is 0. The van der Waals surface area contributed by atoms with E-state index in [4.69, 9.17) is 0 Å². The second-order valence-electron chi connectivity index (χ2n) is 1.19. The standard InChI is InChI=1S/C5H4AsN/c6-5-3-1-2-4-7-5/h1-4H. The molecule has 1 heterocycles. The van der Waals surface area contributed by atoms with Crippen molar-refractivity contribution in [1.29, 1.82) is 0 Å². The Kier molecular flexibility index (Phi) is 1.48. The molecule has 1 aromatic heterocycles. The molecule has 1 rings (SSSR count). The van der Waals surface area contributed by atoms with Crippen LogP contribution in [0.25, 0.3) is 0 Å². The van der Waals surface area contributed by atoms with E-state index in [0.29, 0.717) is 0 Å². The molecule has 0 fully saturated rings. The van der Waals surface area contributed by atoms with Gasteiger partial charge in [-0.1, -0.05) is 0 Å². The Bertz CT molecular complexity index is 138. The number of nitrogens with zero attached hydrogens (tertiary/aromatic N) is 1. The van der Waals surface area contributed by atoms with Gasteiger partial charge in [0.25, 0.3) is 0 Å². The molecule has 2 heteroatoms. The molecular formula is C5H4AsN. The summed E-state index contributed by atoms with van der Waals surface area (Å²) in [5.41, 5.74) is 0. The number of pyridine rings is 1. The van der Waals surface area contributed by atoms with Crippen molar-refractivity contribution in [2.45, 2.75) is 0 Å². The van der Waals surface area contributed by atoms with E-state index in [0.717, 1.165) is 4.48 Å². The predicted octanol–water partition coefficient (Wildman–Crippen LogP) is -0.125. The van der Waals surface area contributed by atoms with Gasteiger partial charge < -0.3 is 0 Å². The third-order valence-electron chi connectivity index (χ3n) is 0.649. The van der Waals surface area contributed by atoms with Crippen LogP contribution in [0.4, 0.5) is 0 Å². The SMILES string of the molecule is [As]c1ccccn1. The van der Waals surface area contributed by atoms with Crippen LogP contribution in [0, 0.1) is 0 Å². The number of hydrogen-bond acceptors (Lipinski definition) is 1. The zero-order valence-electron chi connectivity index (χ0n) is 3.70. The summed E-state index contributed by atoms with van der Waals surface area (Å²) in [7, 11) is 0. The van der Waals surface area contributed by atoms with E-state index in [-0.39, 0.29) is 0 Å². The summed E-state index contributed by atoms with van der Waals surface area (Å²) in [4.78, 5) is 3.95. The van der Waals surface area contributed by atoms with E-state index in [1.165, 1.54) is 0 Å². The van der Waals surface area contributed by atoms with Crippen molar-refractivity contribution in [2.75, 3.05) is 0 Å². The predicted molar refractivity (Wildman–Crippen MR) is 29.6 cm³/mol. The maximum atomic E-state index is 3.95. The summed E-state index contributed by atoms with van der Waals surface area (Å²) in [6.07, 6.45) is 1.77. The minimum atomic E-state index is 1.01. The fourth-order valence-electron chi connectivity index (χ4n) is 0.354. The van der Waals surface area contributed by atoms with Crippen LogP contribution in [0.2, 0.25) is 0 Å². The van der Waals surface area contributed by atoms with E-state index < -0.39 is 0 Å². The van der Waals surface area contributed by atoms with Gasteiger partial charge in [0.05, 0.1) is 0 Å². The maximum absolute atomic E-state index is 3.95. The Hall–Kier alpha value is -0.292. The van der Waals surface area contributed by atoms with Crippen LogP contribution in [-0.2, 0) is 0 Å². The van der Waals surface area contributed by atoms with Crippen molar-refractivity contribution in [3.05, 3.63) is 24.4 Å². The Morgan fingerprint density at radius 1 is 1.43 bits per heavy atom. The average Bonchev–Trinajstić information content (AvgIpc) is 1.69. The number of rotatable bonds is 0. The normalized spacial score (nSPS) is 8.71. The summed E-state index contributed by atoms with van der Waals surface area (Å²) in [6, 6.07) is 5.80.